The fourth-order valence-electron chi connectivity index (χ4n) is 12.7. The highest BCUT2D eigenvalue weighted by Crippen LogP contribution is 2.45. The molecule has 0 aliphatic rings. The second-order valence-corrected chi connectivity index (χ2v) is 33.4. The van der Waals surface area contributed by atoms with Crippen LogP contribution in [0, 0.1) is 11.8 Å². The monoisotopic (exact) mass is 1480 g/mol. The van der Waals surface area contributed by atoms with E-state index in [4.69, 9.17) is 37.0 Å². The van der Waals surface area contributed by atoms with Gasteiger partial charge in [0, 0.05) is 25.7 Å². The quantitative estimate of drug-likeness (QED) is 0.0222. The Morgan fingerprint density at radius 2 is 0.455 bits per heavy atom. The van der Waals surface area contributed by atoms with E-state index in [2.05, 4.69) is 41.5 Å². The Kier molecular flexibility index (Phi) is 72.2. The molecule has 5 atom stereocenters. The van der Waals surface area contributed by atoms with E-state index in [1.54, 1.807) is 0 Å². The number of aliphatic hydroxyl groups excluding tert-OH is 1. The van der Waals surface area contributed by atoms with Gasteiger partial charge in [0.1, 0.15) is 19.3 Å². The van der Waals surface area contributed by atoms with Gasteiger partial charge < -0.3 is 33.8 Å². The molecule has 101 heavy (non-hydrogen) atoms. The molecule has 17 nitrogen and oxygen atoms in total. The first-order chi connectivity index (χ1) is 48.9. The van der Waals surface area contributed by atoms with E-state index >= 15 is 0 Å². The van der Waals surface area contributed by atoms with E-state index in [0.717, 1.165) is 102 Å². The summed E-state index contributed by atoms with van der Waals surface area (Å²) in [5, 5.41) is 10.6. The highest BCUT2D eigenvalue weighted by Gasteiger charge is 2.30. The summed E-state index contributed by atoms with van der Waals surface area (Å²) in [5.74, 6) is -0.618. The summed E-state index contributed by atoms with van der Waals surface area (Å²) in [4.78, 5) is 73.0. The lowest BCUT2D eigenvalue weighted by Crippen LogP contribution is -2.30. The van der Waals surface area contributed by atoms with Crippen LogP contribution in [-0.4, -0.2) is 96.7 Å². The predicted octanol–water partition coefficient (Wildman–Crippen LogP) is 24.7. The molecule has 0 saturated heterocycles. The molecule has 0 aromatic heterocycles. The van der Waals surface area contributed by atoms with Crippen molar-refractivity contribution in [1.29, 1.82) is 0 Å². The van der Waals surface area contributed by atoms with Crippen molar-refractivity contribution in [2.75, 3.05) is 39.6 Å². The molecule has 0 rings (SSSR count). The van der Waals surface area contributed by atoms with Gasteiger partial charge in [-0.05, 0) is 37.5 Å². The third-order valence-corrected chi connectivity index (χ3v) is 21.1. The molecule has 0 saturated carbocycles. The van der Waals surface area contributed by atoms with Crippen LogP contribution in [-0.2, 0) is 65.4 Å². The van der Waals surface area contributed by atoms with E-state index in [-0.39, 0.29) is 25.7 Å². The van der Waals surface area contributed by atoms with E-state index < -0.39 is 97.5 Å². The van der Waals surface area contributed by atoms with Gasteiger partial charge in [-0.3, -0.25) is 37.3 Å². The van der Waals surface area contributed by atoms with Crippen molar-refractivity contribution in [3.8, 4) is 0 Å². The SMILES string of the molecule is CCCCCCCCCCCCCCCCCCCCCCCC(=O)O[C@H](COC(=O)CCCCCCCCCCCCCCCCCCC(C)C)COP(=O)(O)OC[C@@H](O)COP(=O)(O)OC[C@@H](COC(=O)CCCCCCCCC(C)C)OC(=O)CCCCCCCCCCCCCC. The summed E-state index contributed by atoms with van der Waals surface area (Å²) in [6.07, 6.45) is 64.1. The van der Waals surface area contributed by atoms with Gasteiger partial charge in [0.25, 0.3) is 0 Å². The first-order valence-corrected chi connectivity index (χ1v) is 45.5. The lowest BCUT2D eigenvalue weighted by Gasteiger charge is -2.21. The number of aliphatic hydroxyl groups is 1. The second-order valence-electron chi connectivity index (χ2n) is 30.5. The Morgan fingerprint density at radius 3 is 0.673 bits per heavy atom. The van der Waals surface area contributed by atoms with Crippen LogP contribution < -0.4 is 0 Å². The second kappa shape index (κ2) is 73.6. The molecule has 0 fully saturated rings. The minimum absolute atomic E-state index is 0.107. The van der Waals surface area contributed by atoms with Gasteiger partial charge in [0.05, 0.1) is 26.4 Å². The van der Waals surface area contributed by atoms with Crippen LogP contribution in [0.1, 0.15) is 433 Å². The molecule has 0 aromatic rings. The van der Waals surface area contributed by atoms with Gasteiger partial charge in [-0.1, -0.05) is 382 Å². The Labute approximate surface area is 619 Å². The van der Waals surface area contributed by atoms with E-state index in [0.29, 0.717) is 31.6 Å². The number of rotatable bonds is 81. The molecule has 2 unspecified atom stereocenters. The molecular formula is C82H160O17P2. The average Bonchev–Trinajstić information content (AvgIpc) is 0.931. The maximum atomic E-state index is 13.1. The molecule has 0 aliphatic heterocycles. The minimum atomic E-state index is -4.96. The van der Waals surface area contributed by atoms with Crippen LogP contribution >= 0.6 is 15.6 Å². The molecule has 0 heterocycles. The first-order valence-electron chi connectivity index (χ1n) is 42.5. The smallest absolute Gasteiger partial charge is 0.462 e. The van der Waals surface area contributed by atoms with E-state index in [1.165, 1.54) is 244 Å². The topological polar surface area (TPSA) is 237 Å². The fourth-order valence-corrected chi connectivity index (χ4v) is 14.3. The number of phosphoric ester groups is 2. The molecule has 600 valence electrons. The lowest BCUT2D eigenvalue weighted by molar-refractivity contribution is -0.161. The van der Waals surface area contributed by atoms with Crippen molar-refractivity contribution >= 4 is 39.5 Å². The predicted molar refractivity (Wildman–Crippen MR) is 414 cm³/mol. The summed E-state index contributed by atoms with van der Waals surface area (Å²) >= 11 is 0. The van der Waals surface area contributed by atoms with Crippen LogP contribution in [0.25, 0.3) is 0 Å². The Bertz CT molecular complexity index is 1940. The molecule has 0 aliphatic carbocycles. The van der Waals surface area contributed by atoms with Gasteiger partial charge in [0.2, 0.25) is 0 Å². The van der Waals surface area contributed by atoms with Gasteiger partial charge >= 0.3 is 39.5 Å². The molecule has 0 spiro atoms. The molecule has 0 radical (unpaired) electrons. The summed E-state index contributed by atoms with van der Waals surface area (Å²) in [6.45, 7) is 9.58. The molecule has 0 amide bonds. The number of unbranched alkanes of at least 4 members (excludes halogenated alkanes) is 51. The third kappa shape index (κ3) is 76.1. The van der Waals surface area contributed by atoms with Crippen molar-refractivity contribution in [1.82, 2.24) is 0 Å². The van der Waals surface area contributed by atoms with E-state index in [1.807, 2.05) is 0 Å². The number of carbonyl (C=O) groups excluding carboxylic acids is 4. The highest BCUT2D eigenvalue weighted by atomic mass is 31.2. The molecule has 0 aromatic carbocycles. The normalized spacial score (nSPS) is 13.9. The molecule has 19 heteroatoms. The first kappa shape index (κ1) is 99.1. The van der Waals surface area contributed by atoms with Crippen molar-refractivity contribution in [3.05, 3.63) is 0 Å². The lowest BCUT2D eigenvalue weighted by atomic mass is 10.0. The molecule has 3 N–H and O–H groups in total. The third-order valence-electron chi connectivity index (χ3n) is 19.2. The van der Waals surface area contributed by atoms with Crippen molar-refractivity contribution in [2.24, 2.45) is 11.8 Å². The van der Waals surface area contributed by atoms with Crippen molar-refractivity contribution in [2.45, 2.75) is 452 Å². The van der Waals surface area contributed by atoms with Crippen molar-refractivity contribution < 1.29 is 80.2 Å². The zero-order chi connectivity index (χ0) is 74.2. The zero-order valence-corrected chi connectivity index (χ0v) is 68.0. The maximum Gasteiger partial charge on any atom is 0.472 e. The Morgan fingerprint density at radius 1 is 0.267 bits per heavy atom. The van der Waals surface area contributed by atoms with Crippen LogP contribution in [0.5, 0.6) is 0 Å². The number of hydrogen-bond acceptors (Lipinski definition) is 15. The van der Waals surface area contributed by atoms with Crippen LogP contribution in [0.2, 0.25) is 0 Å². The fraction of sp³-hybridized carbons (Fsp3) is 0.951. The van der Waals surface area contributed by atoms with Gasteiger partial charge in [-0.15, -0.1) is 0 Å². The number of hydrogen-bond donors (Lipinski definition) is 3. The molecule has 0 bridgehead atoms. The Hall–Kier alpha value is -1.94. The number of ether oxygens (including phenoxy) is 4. The van der Waals surface area contributed by atoms with Crippen LogP contribution in [0.4, 0.5) is 0 Å². The van der Waals surface area contributed by atoms with Gasteiger partial charge in [0.15, 0.2) is 12.2 Å². The zero-order valence-electron chi connectivity index (χ0n) is 66.2. The van der Waals surface area contributed by atoms with Gasteiger partial charge in [-0.25, -0.2) is 9.13 Å². The van der Waals surface area contributed by atoms with Crippen LogP contribution in [0.3, 0.4) is 0 Å². The summed E-state index contributed by atoms with van der Waals surface area (Å²) in [6, 6.07) is 0. The standard InChI is InChI=1S/C82H160O17P2/c1-7-9-11-13-15-17-19-21-22-23-24-25-26-27-32-35-39-43-47-55-61-67-82(87)98-77(70-92-79(84)64-58-52-45-41-38-34-31-29-28-30-33-36-40-44-50-56-62-74(3)4)72-96-100(88,89)94-68-76(83)69-95-101(90,91)97-73-78(71-93-80(85)65-59-53-49-48-51-57-63-75(5)6)99-81(86)66-60-54-46-42-37-20-18-16-14-12-10-8-2/h74-78,83H,7-73H2,1-6H3,(H,88,89)(H,90,91)/t76-,77-,78-/m1/s1. The van der Waals surface area contributed by atoms with Crippen molar-refractivity contribution in [3.63, 3.8) is 0 Å². The summed E-state index contributed by atoms with van der Waals surface area (Å²) < 4.78 is 68.7. The average molecular weight is 1480 g/mol. The van der Waals surface area contributed by atoms with Crippen LogP contribution in [0.15, 0.2) is 0 Å². The maximum absolute atomic E-state index is 13.1. The number of phosphoric acid groups is 2. The number of carbonyl (C=O) groups is 4. The summed E-state index contributed by atoms with van der Waals surface area (Å²) in [5.41, 5.74) is 0. The van der Waals surface area contributed by atoms with Gasteiger partial charge in [-0.2, -0.15) is 0 Å². The van der Waals surface area contributed by atoms with E-state index in [9.17, 15) is 43.2 Å². The minimum Gasteiger partial charge on any atom is -0.462 e. The summed E-state index contributed by atoms with van der Waals surface area (Å²) in [7, 11) is -9.92. The highest BCUT2D eigenvalue weighted by molar-refractivity contribution is 7.47. The largest absolute Gasteiger partial charge is 0.472 e. The number of esters is 4. The molecular weight excluding hydrogens is 1320 g/mol. The Balaban J connectivity index is 5.19.